The van der Waals surface area contributed by atoms with E-state index >= 15 is 0 Å². The summed E-state index contributed by atoms with van der Waals surface area (Å²) in [4.78, 5) is 23.9. The molecule has 1 aliphatic carbocycles. The first kappa shape index (κ1) is 17.8. The largest absolute Gasteiger partial charge is 0.497 e. The van der Waals surface area contributed by atoms with Crippen molar-refractivity contribution in [3.8, 4) is 5.75 Å². The van der Waals surface area contributed by atoms with Crippen LogP contribution in [0.15, 0.2) is 36.5 Å². The van der Waals surface area contributed by atoms with E-state index in [2.05, 4.69) is 15.2 Å². The van der Waals surface area contributed by atoms with Crippen molar-refractivity contribution in [3.05, 3.63) is 47.9 Å². The van der Waals surface area contributed by atoms with Crippen LogP contribution >= 0.6 is 0 Å². The third-order valence-corrected chi connectivity index (χ3v) is 5.42. The van der Waals surface area contributed by atoms with Gasteiger partial charge in [-0.15, -0.1) is 0 Å². The molecule has 0 bridgehead atoms. The number of piperidine rings is 1. The number of hydrogen-bond acceptors (Lipinski definition) is 5. The predicted molar refractivity (Wildman–Crippen MR) is 104 cm³/mol. The Morgan fingerprint density at radius 1 is 1.15 bits per heavy atom. The van der Waals surface area contributed by atoms with E-state index in [1.807, 2.05) is 36.5 Å². The average molecular weight is 366 g/mol. The van der Waals surface area contributed by atoms with Gasteiger partial charge in [0.15, 0.2) is 0 Å². The molecule has 142 valence electrons. The highest BCUT2D eigenvalue weighted by molar-refractivity contribution is 5.79. The third kappa shape index (κ3) is 4.38. The fourth-order valence-electron chi connectivity index (χ4n) is 3.53. The summed E-state index contributed by atoms with van der Waals surface area (Å²) in [5.41, 5.74) is 1.08. The van der Waals surface area contributed by atoms with Crippen LogP contribution in [-0.4, -0.2) is 36.1 Å². The van der Waals surface area contributed by atoms with Gasteiger partial charge in [0.2, 0.25) is 5.91 Å². The van der Waals surface area contributed by atoms with E-state index in [1.54, 1.807) is 7.11 Å². The molecule has 1 N–H and O–H groups in total. The van der Waals surface area contributed by atoms with E-state index in [-0.39, 0.29) is 11.8 Å². The van der Waals surface area contributed by atoms with Crippen molar-refractivity contribution in [2.45, 2.75) is 38.1 Å². The van der Waals surface area contributed by atoms with Gasteiger partial charge < -0.3 is 15.0 Å². The van der Waals surface area contributed by atoms with E-state index in [9.17, 15) is 4.79 Å². The predicted octanol–water partition coefficient (Wildman–Crippen LogP) is 2.90. The van der Waals surface area contributed by atoms with E-state index in [0.717, 1.165) is 48.9 Å². The number of ether oxygens (including phenoxy) is 1. The maximum absolute atomic E-state index is 12.5. The lowest BCUT2D eigenvalue weighted by Crippen LogP contribution is -2.40. The van der Waals surface area contributed by atoms with Crippen LogP contribution in [0.3, 0.4) is 0 Å². The zero-order valence-electron chi connectivity index (χ0n) is 15.7. The Bertz CT molecular complexity index is 781. The lowest BCUT2D eigenvalue weighted by Gasteiger charge is -2.32. The minimum Gasteiger partial charge on any atom is -0.497 e. The first-order valence-electron chi connectivity index (χ1n) is 9.71. The van der Waals surface area contributed by atoms with Crippen LogP contribution in [0.25, 0.3) is 0 Å². The number of anilines is 1. The van der Waals surface area contributed by atoms with Gasteiger partial charge >= 0.3 is 0 Å². The molecule has 2 aromatic rings. The Hall–Kier alpha value is -2.63. The molecular formula is C21H26N4O2. The summed E-state index contributed by atoms with van der Waals surface area (Å²) >= 11 is 0. The smallest absolute Gasteiger partial charge is 0.223 e. The molecule has 4 rings (SSSR count). The Labute approximate surface area is 160 Å². The molecule has 27 heavy (non-hydrogen) atoms. The summed E-state index contributed by atoms with van der Waals surface area (Å²) < 4.78 is 5.16. The molecule has 1 aliphatic heterocycles. The van der Waals surface area contributed by atoms with E-state index in [4.69, 9.17) is 9.72 Å². The van der Waals surface area contributed by atoms with Crippen molar-refractivity contribution in [1.29, 1.82) is 0 Å². The summed E-state index contributed by atoms with van der Waals surface area (Å²) in [7, 11) is 1.65. The van der Waals surface area contributed by atoms with Crippen molar-refractivity contribution in [3.63, 3.8) is 0 Å². The topological polar surface area (TPSA) is 67.3 Å². The lowest BCUT2D eigenvalue weighted by atomic mass is 9.96. The van der Waals surface area contributed by atoms with E-state index in [1.165, 1.54) is 12.8 Å². The monoisotopic (exact) mass is 366 g/mol. The quantitative estimate of drug-likeness (QED) is 0.851. The third-order valence-electron chi connectivity index (χ3n) is 5.42. The zero-order valence-corrected chi connectivity index (χ0v) is 15.7. The van der Waals surface area contributed by atoms with Crippen molar-refractivity contribution in [2.75, 3.05) is 25.1 Å². The molecule has 0 radical (unpaired) electrons. The highest BCUT2D eigenvalue weighted by atomic mass is 16.5. The maximum atomic E-state index is 12.5. The molecule has 2 fully saturated rings. The van der Waals surface area contributed by atoms with Gasteiger partial charge in [-0.3, -0.25) is 4.79 Å². The molecule has 6 nitrogen and oxygen atoms in total. The molecule has 2 heterocycles. The van der Waals surface area contributed by atoms with Crippen LogP contribution in [-0.2, 0) is 11.3 Å². The summed E-state index contributed by atoms with van der Waals surface area (Å²) in [6, 6.07) is 9.77. The second-order valence-electron chi connectivity index (χ2n) is 7.37. The average Bonchev–Trinajstić information content (AvgIpc) is 3.58. The fraction of sp³-hybridized carbons (Fsp3) is 0.476. The molecule has 1 saturated carbocycles. The van der Waals surface area contributed by atoms with Crippen molar-refractivity contribution >= 4 is 11.7 Å². The minimum atomic E-state index is 0.0734. The Balaban J connectivity index is 1.26. The molecule has 2 aliphatic rings. The highest BCUT2D eigenvalue weighted by Gasteiger charge is 2.29. The number of nitrogens with zero attached hydrogens (tertiary/aromatic N) is 3. The van der Waals surface area contributed by atoms with Crippen molar-refractivity contribution in [1.82, 2.24) is 15.3 Å². The van der Waals surface area contributed by atoms with Gasteiger partial charge in [-0.2, -0.15) is 0 Å². The number of rotatable bonds is 6. The normalized spacial score (nSPS) is 17.6. The lowest BCUT2D eigenvalue weighted by molar-refractivity contribution is -0.125. The Morgan fingerprint density at radius 2 is 1.89 bits per heavy atom. The maximum Gasteiger partial charge on any atom is 0.223 e. The van der Waals surface area contributed by atoms with Crippen LogP contribution in [0, 0.1) is 5.92 Å². The molecule has 1 amide bonds. The molecule has 1 saturated heterocycles. The number of amides is 1. The second-order valence-corrected chi connectivity index (χ2v) is 7.37. The van der Waals surface area contributed by atoms with Crippen LogP contribution in [0.2, 0.25) is 0 Å². The van der Waals surface area contributed by atoms with E-state index < -0.39 is 0 Å². The van der Waals surface area contributed by atoms with Crippen LogP contribution < -0.4 is 15.0 Å². The first-order valence-corrected chi connectivity index (χ1v) is 9.71. The number of carbonyl (C=O) groups excluding carboxylic acids is 1. The van der Waals surface area contributed by atoms with Gasteiger partial charge in [0.1, 0.15) is 17.4 Å². The molecule has 0 unspecified atom stereocenters. The van der Waals surface area contributed by atoms with Gasteiger partial charge in [-0.25, -0.2) is 9.97 Å². The number of hydrogen-bond donors (Lipinski definition) is 1. The minimum absolute atomic E-state index is 0.0734. The van der Waals surface area contributed by atoms with Gasteiger partial charge in [0, 0.05) is 37.7 Å². The summed E-state index contributed by atoms with van der Waals surface area (Å²) in [6.07, 6.45) is 6.00. The van der Waals surface area contributed by atoms with E-state index in [0.29, 0.717) is 12.5 Å². The highest BCUT2D eigenvalue weighted by Crippen LogP contribution is 2.38. The van der Waals surface area contributed by atoms with Crippen molar-refractivity contribution < 1.29 is 9.53 Å². The first-order chi connectivity index (χ1) is 13.2. The summed E-state index contributed by atoms with van der Waals surface area (Å²) in [5.74, 6) is 3.59. The second kappa shape index (κ2) is 7.94. The summed E-state index contributed by atoms with van der Waals surface area (Å²) in [6.45, 7) is 2.28. The van der Waals surface area contributed by atoms with Crippen LogP contribution in [0.1, 0.15) is 43.0 Å². The van der Waals surface area contributed by atoms with Gasteiger partial charge in [-0.05, 0) is 49.4 Å². The number of nitrogens with one attached hydrogen (secondary N) is 1. The van der Waals surface area contributed by atoms with Crippen LogP contribution in [0.4, 0.5) is 5.82 Å². The Kier molecular flexibility index (Phi) is 5.23. The van der Waals surface area contributed by atoms with Crippen molar-refractivity contribution in [2.24, 2.45) is 5.92 Å². The van der Waals surface area contributed by atoms with Gasteiger partial charge in [0.05, 0.1) is 7.11 Å². The molecular weight excluding hydrogens is 340 g/mol. The molecule has 1 aromatic heterocycles. The molecule has 6 heteroatoms. The number of benzene rings is 1. The molecule has 1 aromatic carbocycles. The Morgan fingerprint density at radius 3 is 2.56 bits per heavy atom. The number of methoxy groups -OCH3 is 1. The van der Waals surface area contributed by atoms with Gasteiger partial charge in [0.25, 0.3) is 0 Å². The zero-order chi connectivity index (χ0) is 18.6. The molecule has 0 spiro atoms. The fourth-order valence-corrected chi connectivity index (χ4v) is 3.53. The standard InChI is InChI=1S/C21H26N4O2/c1-27-18-6-2-15(3-7-18)14-23-21(26)17-9-12-25(13-10-17)19-8-11-22-20(24-19)16-4-5-16/h2-3,6-8,11,16-17H,4-5,9-10,12-14H2,1H3,(H,23,26). The summed E-state index contributed by atoms with van der Waals surface area (Å²) in [5, 5.41) is 3.07. The SMILES string of the molecule is COc1ccc(CNC(=O)C2CCN(c3ccnc(C4CC4)n3)CC2)cc1. The number of carbonyl (C=O) groups is 1. The molecule has 0 atom stereocenters. The van der Waals surface area contributed by atoms with Gasteiger partial charge in [-0.1, -0.05) is 12.1 Å². The number of aromatic nitrogens is 2. The van der Waals surface area contributed by atoms with Crippen LogP contribution in [0.5, 0.6) is 5.75 Å².